The minimum atomic E-state index is -4.77. The van der Waals surface area contributed by atoms with Crippen molar-refractivity contribution in [2.45, 2.75) is 65.0 Å². The summed E-state index contributed by atoms with van der Waals surface area (Å²) in [6, 6.07) is 17.3. The summed E-state index contributed by atoms with van der Waals surface area (Å²) in [6.07, 6.45) is -5.09. The van der Waals surface area contributed by atoms with Crippen molar-refractivity contribution in [3.05, 3.63) is 89.7 Å². The molecule has 1 saturated heterocycles. The van der Waals surface area contributed by atoms with Crippen molar-refractivity contribution in [1.29, 1.82) is 0 Å². The van der Waals surface area contributed by atoms with Crippen LogP contribution in [-0.4, -0.2) is 56.1 Å². The number of thioether (sulfide) groups is 1. The number of amidine groups is 1. The van der Waals surface area contributed by atoms with Gasteiger partial charge >= 0.3 is 6.36 Å². The van der Waals surface area contributed by atoms with Gasteiger partial charge in [-0.2, -0.15) is 0 Å². The van der Waals surface area contributed by atoms with E-state index < -0.39 is 24.9 Å². The average Bonchev–Trinajstić information content (AvgIpc) is 3.51. The van der Waals surface area contributed by atoms with Crippen molar-refractivity contribution in [2.75, 3.05) is 17.2 Å². The molecule has 0 spiro atoms. The van der Waals surface area contributed by atoms with E-state index in [1.54, 1.807) is 43.0 Å². The molecular formula is C33H36F4N6O2S. The molecule has 3 unspecified atom stereocenters. The molecule has 2 heterocycles. The van der Waals surface area contributed by atoms with Gasteiger partial charge in [0.15, 0.2) is 11.0 Å². The lowest BCUT2D eigenvalue weighted by Gasteiger charge is -2.33. The lowest BCUT2D eigenvalue weighted by atomic mass is 9.95. The van der Waals surface area contributed by atoms with Gasteiger partial charge < -0.3 is 14.7 Å². The number of aryl methyl sites for hydroxylation is 1. The summed E-state index contributed by atoms with van der Waals surface area (Å²) in [5.74, 6) is 1.22. The first-order valence-electron chi connectivity index (χ1n) is 14.9. The average molecular weight is 657 g/mol. The Morgan fingerprint density at radius 2 is 1.74 bits per heavy atom. The van der Waals surface area contributed by atoms with Crippen LogP contribution in [0.15, 0.2) is 78.0 Å². The van der Waals surface area contributed by atoms with Gasteiger partial charge in [-0.3, -0.25) is 5.32 Å². The summed E-state index contributed by atoms with van der Waals surface area (Å²) in [7, 11) is 0. The predicted molar refractivity (Wildman–Crippen MR) is 173 cm³/mol. The van der Waals surface area contributed by atoms with Crippen LogP contribution in [0, 0.1) is 6.92 Å². The third kappa shape index (κ3) is 8.06. The van der Waals surface area contributed by atoms with Crippen molar-refractivity contribution >= 4 is 22.6 Å². The summed E-state index contributed by atoms with van der Waals surface area (Å²) in [5.41, 5.74) is 5.06. The minimum Gasteiger partial charge on any atom is -0.406 e. The van der Waals surface area contributed by atoms with E-state index in [0.29, 0.717) is 33.7 Å². The number of nitrogens with one attached hydrogen (secondary N) is 1. The lowest BCUT2D eigenvalue weighted by Crippen LogP contribution is -2.41. The van der Waals surface area contributed by atoms with E-state index in [0.717, 1.165) is 24.4 Å². The third-order valence-corrected chi connectivity index (χ3v) is 8.63. The molecule has 0 amide bonds. The van der Waals surface area contributed by atoms with Crippen LogP contribution >= 0.6 is 11.8 Å². The Labute approximate surface area is 269 Å². The molecular weight excluding hydrogens is 620 g/mol. The Morgan fingerprint density at radius 3 is 2.41 bits per heavy atom. The van der Waals surface area contributed by atoms with Crippen molar-refractivity contribution in [3.63, 3.8) is 0 Å². The van der Waals surface area contributed by atoms with Crippen molar-refractivity contribution in [2.24, 2.45) is 4.99 Å². The first kappa shape index (κ1) is 33.4. The second-order valence-electron chi connectivity index (χ2n) is 11.3. The number of anilines is 1. The monoisotopic (exact) mass is 656 g/mol. The standard InChI is InChI=1S/C33H36F4N6O2S/c1-20(2)28-21(3)7-5-8-27(28)42-17-6-18-46-32(42)40-31(44)39-22(4)29(34)23-9-11-24(12-10-23)30-38-19-43(41-30)25-13-15-26(16-14-25)45-33(35,36)37/h5,7-16,19-20,22,29,31,39,44H,6,17-18H2,1-4H3/b40-32-. The van der Waals surface area contributed by atoms with E-state index in [1.807, 2.05) is 6.07 Å². The van der Waals surface area contributed by atoms with Crippen LogP contribution in [0.5, 0.6) is 5.75 Å². The minimum absolute atomic E-state index is 0.320. The van der Waals surface area contributed by atoms with Crippen molar-refractivity contribution in [1.82, 2.24) is 20.1 Å². The van der Waals surface area contributed by atoms with Crippen LogP contribution in [0.4, 0.5) is 23.2 Å². The van der Waals surface area contributed by atoms with E-state index in [-0.39, 0.29) is 5.75 Å². The number of hydrogen-bond acceptors (Lipinski definition) is 7. The number of aliphatic imine (C=N–C) groups is 1. The Bertz CT molecular complexity index is 1640. The van der Waals surface area contributed by atoms with Gasteiger partial charge in [-0.25, -0.2) is 19.0 Å². The number of nitrogens with zero attached hydrogens (tertiary/aromatic N) is 5. The zero-order chi connectivity index (χ0) is 33.0. The van der Waals surface area contributed by atoms with Gasteiger partial charge in [0.1, 0.15) is 18.2 Å². The molecule has 1 aliphatic heterocycles. The highest BCUT2D eigenvalue weighted by Crippen LogP contribution is 2.34. The first-order chi connectivity index (χ1) is 21.9. The highest BCUT2D eigenvalue weighted by Gasteiger charge is 2.31. The molecule has 3 aromatic carbocycles. The number of benzene rings is 3. The SMILES string of the molecule is Cc1cccc(N2CCCS/C2=N\C(O)NC(C)C(F)c2ccc(-c3ncn(-c4ccc(OC(F)(F)F)cc4)n3)cc2)c1C(C)C. The molecule has 2 N–H and O–H groups in total. The van der Waals surface area contributed by atoms with Crippen LogP contribution in [0.2, 0.25) is 0 Å². The number of halogens is 4. The molecule has 3 atom stereocenters. The van der Waals surface area contributed by atoms with E-state index in [4.69, 9.17) is 0 Å². The molecule has 5 rings (SSSR count). The summed E-state index contributed by atoms with van der Waals surface area (Å²) in [4.78, 5) is 11.0. The molecule has 1 aromatic heterocycles. The zero-order valence-corrected chi connectivity index (χ0v) is 26.7. The highest BCUT2D eigenvalue weighted by molar-refractivity contribution is 8.14. The van der Waals surface area contributed by atoms with Crippen molar-refractivity contribution in [3.8, 4) is 22.8 Å². The fourth-order valence-electron chi connectivity index (χ4n) is 5.43. The molecule has 4 aromatic rings. The summed E-state index contributed by atoms with van der Waals surface area (Å²) in [5, 5.41) is 18.8. The van der Waals surface area contributed by atoms with Crippen LogP contribution in [0.3, 0.4) is 0 Å². The number of rotatable bonds is 10. The maximum atomic E-state index is 15.5. The van der Waals surface area contributed by atoms with Gasteiger partial charge in [0.2, 0.25) is 6.35 Å². The second kappa shape index (κ2) is 14.2. The van der Waals surface area contributed by atoms with Gasteiger partial charge in [0.05, 0.1) is 5.69 Å². The van der Waals surface area contributed by atoms with Crippen molar-refractivity contribution < 1.29 is 27.4 Å². The first-order valence-corrected chi connectivity index (χ1v) is 15.9. The zero-order valence-electron chi connectivity index (χ0n) is 25.9. The van der Waals surface area contributed by atoms with E-state index in [9.17, 15) is 18.3 Å². The molecule has 8 nitrogen and oxygen atoms in total. The quantitative estimate of drug-likeness (QED) is 0.135. The molecule has 13 heteroatoms. The van der Waals surface area contributed by atoms with E-state index in [1.165, 1.54) is 46.4 Å². The molecule has 0 radical (unpaired) electrons. The van der Waals surface area contributed by atoms with Gasteiger partial charge in [0, 0.05) is 29.6 Å². The number of aromatic nitrogens is 3. The molecule has 1 fully saturated rings. The number of aliphatic hydroxyl groups is 1. The molecule has 46 heavy (non-hydrogen) atoms. The third-order valence-electron chi connectivity index (χ3n) is 7.56. The lowest BCUT2D eigenvalue weighted by molar-refractivity contribution is -0.274. The van der Waals surface area contributed by atoms with Crippen LogP contribution in [0.25, 0.3) is 17.1 Å². The summed E-state index contributed by atoms with van der Waals surface area (Å²) >= 11 is 1.58. The summed E-state index contributed by atoms with van der Waals surface area (Å²) < 4.78 is 58.2. The van der Waals surface area contributed by atoms with Crippen LogP contribution in [0.1, 0.15) is 56.0 Å². The Kier molecular flexibility index (Phi) is 10.3. The van der Waals surface area contributed by atoms with Crippen LogP contribution < -0.4 is 15.0 Å². The number of hydrogen-bond donors (Lipinski definition) is 2. The fourth-order valence-corrected chi connectivity index (χ4v) is 6.40. The number of aliphatic hydroxyl groups excluding tert-OH is 1. The maximum absolute atomic E-state index is 15.5. The second-order valence-corrected chi connectivity index (χ2v) is 12.4. The van der Waals surface area contributed by atoms with Gasteiger partial charge in [-0.05, 0) is 73.2 Å². The van der Waals surface area contributed by atoms with Gasteiger partial charge in [0.25, 0.3) is 0 Å². The van der Waals surface area contributed by atoms with E-state index in [2.05, 4.69) is 62.9 Å². The Hall–Kier alpha value is -3.94. The molecule has 1 aliphatic rings. The molecule has 0 saturated carbocycles. The largest absolute Gasteiger partial charge is 0.573 e. The Balaban J connectivity index is 1.23. The highest BCUT2D eigenvalue weighted by atomic mass is 32.2. The van der Waals surface area contributed by atoms with Crippen LogP contribution in [-0.2, 0) is 0 Å². The molecule has 0 aliphatic carbocycles. The number of ether oxygens (including phenoxy) is 1. The Morgan fingerprint density at radius 1 is 1.02 bits per heavy atom. The fraction of sp³-hybridized carbons (Fsp3) is 0.364. The molecule has 244 valence electrons. The number of alkyl halides is 4. The van der Waals surface area contributed by atoms with Gasteiger partial charge in [-0.1, -0.05) is 62.0 Å². The normalized spacial score (nSPS) is 16.9. The smallest absolute Gasteiger partial charge is 0.406 e. The van der Waals surface area contributed by atoms with E-state index >= 15 is 4.39 Å². The topological polar surface area (TPSA) is 87.8 Å². The summed E-state index contributed by atoms with van der Waals surface area (Å²) in [6.45, 7) is 8.87. The predicted octanol–water partition coefficient (Wildman–Crippen LogP) is 7.53. The van der Waals surface area contributed by atoms with Gasteiger partial charge in [-0.15, -0.1) is 18.3 Å². The maximum Gasteiger partial charge on any atom is 0.573 e. The molecule has 0 bridgehead atoms.